The van der Waals surface area contributed by atoms with Gasteiger partial charge in [0.2, 0.25) is 0 Å². The first-order valence-electron chi connectivity index (χ1n) is 8.12. The average Bonchev–Trinajstić information content (AvgIpc) is 3.19. The molecule has 2 aromatic carbocycles. The Balaban J connectivity index is 2.09. The molecule has 0 fully saturated rings. The predicted octanol–water partition coefficient (Wildman–Crippen LogP) is 2.74. The Morgan fingerprint density at radius 3 is 2.77 bits per heavy atom. The quantitative estimate of drug-likeness (QED) is 0.542. The zero-order valence-corrected chi connectivity index (χ0v) is 14.5. The highest BCUT2D eigenvalue weighted by atomic mass is 32.1. The van der Waals surface area contributed by atoms with Gasteiger partial charge in [-0.15, -0.1) is 11.3 Å². The van der Waals surface area contributed by atoms with Gasteiger partial charge in [-0.05, 0) is 30.3 Å². The van der Waals surface area contributed by atoms with Gasteiger partial charge in [-0.25, -0.2) is 9.37 Å². The molecule has 2 aromatic heterocycles. The van der Waals surface area contributed by atoms with Crippen molar-refractivity contribution in [3.8, 4) is 10.6 Å². The summed E-state index contributed by atoms with van der Waals surface area (Å²) in [7, 11) is 0. The van der Waals surface area contributed by atoms with Crippen LogP contribution in [0, 0.1) is 5.82 Å². The maximum Gasteiger partial charge on any atom is 0.197 e. The number of aliphatic hydroxyl groups excluding tert-OH is 1. The molecule has 0 aliphatic heterocycles. The predicted molar refractivity (Wildman–Crippen MR) is 102 cm³/mol. The number of aromatic nitrogens is 2. The van der Waals surface area contributed by atoms with Crippen molar-refractivity contribution in [3.63, 3.8) is 0 Å². The van der Waals surface area contributed by atoms with E-state index >= 15 is 0 Å². The monoisotopic (exact) mass is 369 g/mol. The molecule has 0 spiro atoms. The molecule has 2 heterocycles. The highest BCUT2D eigenvalue weighted by molar-refractivity contribution is 7.13. The fourth-order valence-corrected chi connectivity index (χ4v) is 3.76. The Hall–Kier alpha value is -2.61. The maximum absolute atomic E-state index is 13.7. The summed E-state index contributed by atoms with van der Waals surface area (Å²) < 4.78 is 15.5. The fraction of sp³-hybridized carbons (Fsp3) is 0.158. The first-order chi connectivity index (χ1) is 12.6. The van der Waals surface area contributed by atoms with Crippen LogP contribution in [0.5, 0.6) is 0 Å². The molecular formula is C19H16FN3O2S. The minimum atomic E-state index is -0.780. The van der Waals surface area contributed by atoms with Crippen LogP contribution in [0.25, 0.3) is 32.4 Å². The van der Waals surface area contributed by atoms with E-state index in [4.69, 9.17) is 5.73 Å². The summed E-state index contributed by atoms with van der Waals surface area (Å²) in [5.74, 6) is -0.473. The summed E-state index contributed by atoms with van der Waals surface area (Å²) >= 11 is 1.50. The standard InChI is InChI=1S/C19H16FN3O2S/c20-12-2-4-16-15(8-12)18(25)14-3-1-11(19-22-5-6-26-19)7-17(14)23(16)10-13(24)9-21/h1-8,13,24H,9-10,21H2. The minimum Gasteiger partial charge on any atom is -0.390 e. The molecule has 5 nitrogen and oxygen atoms in total. The number of aliphatic hydroxyl groups is 1. The van der Waals surface area contributed by atoms with Gasteiger partial charge in [-0.2, -0.15) is 0 Å². The zero-order chi connectivity index (χ0) is 18.3. The van der Waals surface area contributed by atoms with Crippen molar-refractivity contribution in [2.24, 2.45) is 5.73 Å². The lowest BCUT2D eigenvalue weighted by atomic mass is 10.1. The molecule has 132 valence electrons. The van der Waals surface area contributed by atoms with E-state index < -0.39 is 11.9 Å². The number of halogens is 1. The number of benzene rings is 2. The fourth-order valence-electron chi connectivity index (χ4n) is 3.13. The highest BCUT2D eigenvalue weighted by Crippen LogP contribution is 2.27. The van der Waals surface area contributed by atoms with Crippen LogP contribution in [0.1, 0.15) is 0 Å². The molecule has 0 aliphatic carbocycles. The summed E-state index contributed by atoms with van der Waals surface area (Å²) in [6.45, 7) is 0.291. The lowest BCUT2D eigenvalue weighted by Gasteiger charge is -2.18. The molecule has 0 saturated heterocycles. The Labute approximate surface area is 152 Å². The summed E-state index contributed by atoms with van der Waals surface area (Å²) in [5, 5.41) is 13.6. The first-order valence-corrected chi connectivity index (χ1v) is 9.00. The lowest BCUT2D eigenvalue weighted by Crippen LogP contribution is -2.26. The Morgan fingerprint density at radius 1 is 1.19 bits per heavy atom. The van der Waals surface area contributed by atoms with Crippen molar-refractivity contribution in [1.29, 1.82) is 0 Å². The van der Waals surface area contributed by atoms with Crippen LogP contribution in [0.4, 0.5) is 4.39 Å². The highest BCUT2D eigenvalue weighted by Gasteiger charge is 2.15. The molecule has 3 N–H and O–H groups in total. The van der Waals surface area contributed by atoms with Crippen LogP contribution in [-0.4, -0.2) is 27.3 Å². The van der Waals surface area contributed by atoms with Crippen LogP contribution in [-0.2, 0) is 6.54 Å². The van der Waals surface area contributed by atoms with Gasteiger partial charge in [0.05, 0.1) is 23.7 Å². The van der Waals surface area contributed by atoms with E-state index in [1.165, 1.54) is 23.5 Å². The van der Waals surface area contributed by atoms with Crippen LogP contribution in [0.3, 0.4) is 0 Å². The largest absolute Gasteiger partial charge is 0.390 e. The molecule has 7 heteroatoms. The molecule has 0 bridgehead atoms. The summed E-state index contributed by atoms with van der Waals surface area (Å²) in [6.07, 6.45) is 0.941. The smallest absolute Gasteiger partial charge is 0.197 e. The molecule has 4 rings (SSSR count). The third-order valence-corrected chi connectivity index (χ3v) is 5.19. The number of rotatable bonds is 4. The van der Waals surface area contributed by atoms with E-state index in [2.05, 4.69) is 4.98 Å². The molecule has 4 aromatic rings. The zero-order valence-electron chi connectivity index (χ0n) is 13.7. The van der Waals surface area contributed by atoms with E-state index in [0.717, 1.165) is 10.6 Å². The van der Waals surface area contributed by atoms with E-state index in [9.17, 15) is 14.3 Å². The second-order valence-electron chi connectivity index (χ2n) is 6.06. The second-order valence-corrected chi connectivity index (χ2v) is 6.95. The molecule has 0 radical (unpaired) electrons. The lowest BCUT2D eigenvalue weighted by molar-refractivity contribution is 0.165. The third kappa shape index (κ3) is 2.80. The van der Waals surface area contributed by atoms with Crippen LogP contribution in [0.15, 0.2) is 52.8 Å². The van der Waals surface area contributed by atoms with Crippen molar-refractivity contribution < 1.29 is 9.50 Å². The van der Waals surface area contributed by atoms with Gasteiger partial charge in [-0.3, -0.25) is 4.79 Å². The van der Waals surface area contributed by atoms with E-state index in [-0.39, 0.29) is 23.9 Å². The topological polar surface area (TPSA) is 81.1 Å². The number of nitrogens with zero attached hydrogens (tertiary/aromatic N) is 2. The Kier molecular flexibility index (Phi) is 4.28. The average molecular weight is 369 g/mol. The van der Waals surface area contributed by atoms with Gasteiger partial charge in [-0.1, -0.05) is 6.07 Å². The molecule has 1 unspecified atom stereocenters. The van der Waals surface area contributed by atoms with E-state index in [0.29, 0.717) is 16.4 Å². The molecule has 0 saturated carbocycles. The molecular weight excluding hydrogens is 353 g/mol. The van der Waals surface area contributed by atoms with Crippen molar-refractivity contribution >= 4 is 33.1 Å². The first kappa shape index (κ1) is 16.8. The second kappa shape index (κ2) is 6.60. The van der Waals surface area contributed by atoms with Crippen LogP contribution in [0.2, 0.25) is 0 Å². The normalized spacial score (nSPS) is 12.7. The minimum absolute atomic E-state index is 0.0858. The van der Waals surface area contributed by atoms with Gasteiger partial charge in [0.25, 0.3) is 0 Å². The van der Waals surface area contributed by atoms with Crippen molar-refractivity contribution in [3.05, 3.63) is 64.0 Å². The number of hydrogen-bond acceptors (Lipinski definition) is 5. The molecule has 1 atom stereocenters. The van der Waals surface area contributed by atoms with Gasteiger partial charge < -0.3 is 15.4 Å². The van der Waals surface area contributed by atoms with Crippen molar-refractivity contribution in [1.82, 2.24) is 9.55 Å². The van der Waals surface area contributed by atoms with Crippen molar-refractivity contribution in [2.75, 3.05) is 6.54 Å². The van der Waals surface area contributed by atoms with Gasteiger partial charge in [0.1, 0.15) is 10.8 Å². The Morgan fingerprint density at radius 2 is 2.04 bits per heavy atom. The SMILES string of the molecule is NCC(O)Cn1c2ccc(F)cc2c(=O)c2ccc(-c3nccs3)cc21. The number of pyridine rings is 1. The van der Waals surface area contributed by atoms with E-state index in [1.807, 2.05) is 22.1 Å². The van der Waals surface area contributed by atoms with Crippen LogP contribution < -0.4 is 11.2 Å². The Bertz CT molecular complexity index is 1160. The maximum atomic E-state index is 13.7. The van der Waals surface area contributed by atoms with Gasteiger partial charge in [0.15, 0.2) is 5.43 Å². The third-order valence-electron chi connectivity index (χ3n) is 4.37. The van der Waals surface area contributed by atoms with Crippen LogP contribution >= 0.6 is 11.3 Å². The summed E-state index contributed by atoms with van der Waals surface area (Å²) in [6, 6.07) is 9.54. The molecule has 0 amide bonds. The number of fused-ring (bicyclic) bond motifs is 2. The molecule has 26 heavy (non-hydrogen) atoms. The molecule has 0 aliphatic rings. The number of nitrogens with two attached hydrogens (primary N) is 1. The van der Waals surface area contributed by atoms with E-state index in [1.54, 1.807) is 18.3 Å². The summed E-state index contributed by atoms with van der Waals surface area (Å²) in [5.41, 5.74) is 7.44. The summed E-state index contributed by atoms with van der Waals surface area (Å²) in [4.78, 5) is 17.2. The van der Waals surface area contributed by atoms with Gasteiger partial charge >= 0.3 is 0 Å². The van der Waals surface area contributed by atoms with Crippen molar-refractivity contribution in [2.45, 2.75) is 12.6 Å². The number of hydrogen-bond donors (Lipinski definition) is 2. The van der Waals surface area contributed by atoms with Gasteiger partial charge in [0, 0.05) is 34.5 Å². The number of thiazole rings is 1.